The van der Waals surface area contributed by atoms with Crippen LogP contribution in [0.5, 0.6) is 0 Å². The van der Waals surface area contributed by atoms with Gasteiger partial charge < -0.3 is 15.5 Å². The van der Waals surface area contributed by atoms with Crippen molar-refractivity contribution in [2.24, 2.45) is 0 Å². The smallest absolute Gasteiger partial charge is 0.314 e. The molecule has 3 rings (SSSR count). The van der Waals surface area contributed by atoms with Crippen LogP contribution in [0, 0.1) is 5.82 Å². The van der Waals surface area contributed by atoms with Gasteiger partial charge in [0, 0.05) is 58.2 Å². The molecule has 1 aliphatic heterocycles. The summed E-state index contributed by atoms with van der Waals surface area (Å²) < 4.78 is 13.1. The van der Waals surface area contributed by atoms with Crippen molar-refractivity contribution in [3.05, 3.63) is 54.1 Å². The Balaban J connectivity index is 1.27. The van der Waals surface area contributed by atoms with E-state index in [-0.39, 0.29) is 11.8 Å². The van der Waals surface area contributed by atoms with Crippen molar-refractivity contribution in [2.45, 2.75) is 6.42 Å². The van der Waals surface area contributed by atoms with E-state index in [9.17, 15) is 9.18 Å². The lowest BCUT2D eigenvalue weighted by molar-refractivity contribution is 0.232. The quantitative estimate of drug-likeness (QED) is 0.766. The Morgan fingerprint density at radius 2 is 1.78 bits per heavy atom. The lowest BCUT2D eigenvalue weighted by atomic mass is 10.1. The van der Waals surface area contributed by atoms with Gasteiger partial charge >= 0.3 is 6.03 Å². The lowest BCUT2D eigenvalue weighted by Gasteiger charge is -2.34. The van der Waals surface area contributed by atoms with Crippen molar-refractivity contribution in [1.29, 1.82) is 0 Å². The molecule has 0 spiro atoms. The summed E-state index contributed by atoms with van der Waals surface area (Å²) >= 11 is 0. The molecule has 2 N–H and O–H groups in total. The molecule has 0 unspecified atom stereocenters. The molecule has 0 bridgehead atoms. The Bertz CT molecular complexity index is 721. The van der Waals surface area contributed by atoms with Gasteiger partial charge in [0.15, 0.2) is 0 Å². The highest BCUT2D eigenvalue weighted by Crippen LogP contribution is 2.09. The van der Waals surface area contributed by atoms with Gasteiger partial charge in [0.1, 0.15) is 5.82 Å². The Labute approximate surface area is 158 Å². The Kier molecular flexibility index (Phi) is 6.92. The molecule has 2 aromatic rings. The van der Waals surface area contributed by atoms with Crippen molar-refractivity contribution in [3.8, 4) is 0 Å². The number of nitrogens with one attached hydrogen (secondary N) is 2. The zero-order valence-corrected chi connectivity index (χ0v) is 15.3. The first-order chi connectivity index (χ1) is 13.2. The summed E-state index contributed by atoms with van der Waals surface area (Å²) in [4.78, 5) is 24.9. The third-order valence-corrected chi connectivity index (χ3v) is 4.51. The van der Waals surface area contributed by atoms with Gasteiger partial charge in [-0.15, -0.1) is 0 Å². The van der Waals surface area contributed by atoms with E-state index in [0.717, 1.165) is 44.2 Å². The Morgan fingerprint density at radius 1 is 1.04 bits per heavy atom. The summed E-state index contributed by atoms with van der Waals surface area (Å²) in [6, 6.07) is 8.05. The van der Waals surface area contributed by atoms with Crippen LogP contribution in [0.4, 0.5) is 15.1 Å². The summed E-state index contributed by atoms with van der Waals surface area (Å²) in [5, 5.41) is 5.67. The topological polar surface area (TPSA) is 73.4 Å². The lowest BCUT2D eigenvalue weighted by Crippen LogP contribution is -2.49. The first-order valence-corrected chi connectivity index (χ1v) is 9.21. The number of halogens is 1. The van der Waals surface area contributed by atoms with Gasteiger partial charge in [0.05, 0.1) is 0 Å². The van der Waals surface area contributed by atoms with Crippen LogP contribution in [-0.4, -0.2) is 66.7 Å². The highest BCUT2D eigenvalue weighted by atomic mass is 19.1. The zero-order chi connectivity index (χ0) is 18.9. The molecule has 1 aliphatic rings. The average molecular weight is 372 g/mol. The molecule has 1 saturated heterocycles. The van der Waals surface area contributed by atoms with E-state index in [4.69, 9.17) is 0 Å². The first-order valence-electron chi connectivity index (χ1n) is 9.21. The third-order valence-electron chi connectivity index (χ3n) is 4.51. The van der Waals surface area contributed by atoms with Crippen LogP contribution >= 0.6 is 0 Å². The van der Waals surface area contributed by atoms with Gasteiger partial charge in [0.25, 0.3) is 0 Å². The van der Waals surface area contributed by atoms with Crippen LogP contribution in [0.2, 0.25) is 0 Å². The van der Waals surface area contributed by atoms with Gasteiger partial charge in [-0.1, -0.05) is 12.1 Å². The second-order valence-corrected chi connectivity index (χ2v) is 6.44. The molecule has 27 heavy (non-hydrogen) atoms. The first kappa shape index (κ1) is 19.0. The van der Waals surface area contributed by atoms with Gasteiger partial charge in [-0.05, 0) is 30.2 Å². The van der Waals surface area contributed by atoms with Crippen LogP contribution in [-0.2, 0) is 6.42 Å². The van der Waals surface area contributed by atoms with Crippen LogP contribution in [0.15, 0.2) is 42.7 Å². The maximum atomic E-state index is 13.1. The Morgan fingerprint density at radius 3 is 2.52 bits per heavy atom. The predicted octanol–water partition coefficient (Wildman–Crippen LogP) is 1.28. The molecule has 0 radical (unpaired) electrons. The number of rotatable bonds is 7. The highest BCUT2D eigenvalue weighted by Gasteiger charge is 2.18. The number of urea groups is 1. The minimum absolute atomic E-state index is 0.192. The van der Waals surface area contributed by atoms with E-state index in [1.165, 1.54) is 12.1 Å². The predicted molar refractivity (Wildman–Crippen MR) is 102 cm³/mol. The number of hydrogen-bond acceptors (Lipinski definition) is 5. The fraction of sp³-hybridized carbons (Fsp3) is 0.421. The van der Waals surface area contributed by atoms with Gasteiger partial charge in [-0.25, -0.2) is 19.2 Å². The maximum absolute atomic E-state index is 13.1. The molecule has 0 saturated carbocycles. The number of carbonyl (C=O) groups excluding carboxylic acids is 1. The number of carbonyl (C=O) groups is 1. The normalized spacial score (nSPS) is 14.8. The molecule has 7 nitrogen and oxygen atoms in total. The molecule has 2 amide bonds. The second-order valence-electron chi connectivity index (χ2n) is 6.44. The summed E-state index contributed by atoms with van der Waals surface area (Å²) in [5.74, 6) is 0.517. The van der Waals surface area contributed by atoms with E-state index in [0.29, 0.717) is 19.5 Å². The summed E-state index contributed by atoms with van der Waals surface area (Å²) in [6.07, 6.45) is 4.12. The van der Waals surface area contributed by atoms with E-state index < -0.39 is 0 Å². The molecule has 1 aromatic carbocycles. The number of aromatic nitrogens is 2. The van der Waals surface area contributed by atoms with Crippen LogP contribution < -0.4 is 15.5 Å². The third kappa shape index (κ3) is 6.18. The molecule has 0 aliphatic carbocycles. The molecule has 1 aromatic heterocycles. The van der Waals surface area contributed by atoms with Gasteiger partial charge in [0.2, 0.25) is 5.95 Å². The molecule has 0 atom stereocenters. The largest absolute Gasteiger partial charge is 0.338 e. The van der Waals surface area contributed by atoms with E-state index >= 15 is 0 Å². The number of hydrogen-bond donors (Lipinski definition) is 2. The van der Waals surface area contributed by atoms with Crippen molar-refractivity contribution >= 4 is 12.0 Å². The van der Waals surface area contributed by atoms with E-state index in [2.05, 4.69) is 30.4 Å². The van der Waals surface area contributed by atoms with Crippen molar-refractivity contribution < 1.29 is 9.18 Å². The molecule has 8 heteroatoms. The maximum Gasteiger partial charge on any atom is 0.314 e. The molecule has 1 fully saturated rings. The minimum atomic E-state index is -0.254. The standard InChI is InChI=1S/C19H25FN6O/c20-17-4-1-3-16(15-17)5-8-23-19(27)24-9-10-25-11-13-26(14-12-25)18-21-6-2-7-22-18/h1-4,6-7,15H,5,8-14H2,(H2,23,24,27). The van der Waals surface area contributed by atoms with E-state index in [1.807, 2.05) is 12.1 Å². The molecule has 2 heterocycles. The number of benzene rings is 1. The Hall–Kier alpha value is -2.74. The average Bonchev–Trinajstić information content (AvgIpc) is 2.69. The van der Waals surface area contributed by atoms with Gasteiger partial charge in [-0.2, -0.15) is 0 Å². The summed E-state index contributed by atoms with van der Waals surface area (Å²) in [6.45, 7) is 5.47. The highest BCUT2D eigenvalue weighted by molar-refractivity contribution is 5.73. The molecule has 144 valence electrons. The number of nitrogens with zero attached hydrogens (tertiary/aromatic N) is 4. The van der Waals surface area contributed by atoms with Crippen molar-refractivity contribution in [1.82, 2.24) is 25.5 Å². The second kappa shape index (κ2) is 9.82. The van der Waals surface area contributed by atoms with E-state index in [1.54, 1.807) is 18.5 Å². The monoisotopic (exact) mass is 372 g/mol. The summed E-state index contributed by atoms with van der Waals surface area (Å²) in [5.41, 5.74) is 0.871. The number of amides is 2. The van der Waals surface area contributed by atoms with Gasteiger partial charge in [-0.3, -0.25) is 4.90 Å². The summed E-state index contributed by atoms with van der Waals surface area (Å²) in [7, 11) is 0. The number of piperazine rings is 1. The molecular formula is C19H25FN6O. The fourth-order valence-electron chi connectivity index (χ4n) is 3.03. The zero-order valence-electron chi connectivity index (χ0n) is 15.3. The van der Waals surface area contributed by atoms with Crippen LogP contribution in [0.25, 0.3) is 0 Å². The van der Waals surface area contributed by atoms with Crippen molar-refractivity contribution in [3.63, 3.8) is 0 Å². The number of anilines is 1. The van der Waals surface area contributed by atoms with Crippen LogP contribution in [0.1, 0.15) is 5.56 Å². The van der Waals surface area contributed by atoms with Crippen molar-refractivity contribution in [2.75, 3.05) is 50.7 Å². The van der Waals surface area contributed by atoms with Crippen LogP contribution in [0.3, 0.4) is 0 Å². The molecular weight excluding hydrogens is 347 g/mol. The fourth-order valence-corrected chi connectivity index (χ4v) is 3.03. The minimum Gasteiger partial charge on any atom is -0.338 e. The SMILES string of the molecule is O=C(NCCc1cccc(F)c1)NCCN1CCN(c2ncccn2)CC1.